The lowest BCUT2D eigenvalue weighted by molar-refractivity contribution is -0.160. The van der Waals surface area contributed by atoms with Crippen LogP contribution in [0.5, 0.6) is 0 Å². The summed E-state index contributed by atoms with van der Waals surface area (Å²) in [5, 5.41) is 19.4. The predicted octanol–water partition coefficient (Wildman–Crippen LogP) is 4.20. The van der Waals surface area contributed by atoms with Crippen LogP contribution in [0.25, 0.3) is 0 Å². The van der Waals surface area contributed by atoms with Crippen LogP contribution in [0.3, 0.4) is 0 Å². The van der Waals surface area contributed by atoms with E-state index >= 15 is 0 Å². The highest BCUT2D eigenvalue weighted by Gasteiger charge is 2.51. The highest BCUT2D eigenvalue weighted by Crippen LogP contribution is 2.42. The molecule has 10 nitrogen and oxygen atoms in total. The van der Waals surface area contributed by atoms with E-state index in [2.05, 4.69) is 31.8 Å². The molecular formula is C23H36N6O4. The molecule has 0 aromatic carbocycles. The van der Waals surface area contributed by atoms with Gasteiger partial charge in [-0.05, 0) is 18.3 Å². The van der Waals surface area contributed by atoms with Crippen molar-refractivity contribution >= 4 is 11.9 Å². The number of H-pyrrole nitrogens is 2. The zero-order valence-electron chi connectivity index (χ0n) is 19.6. The van der Waals surface area contributed by atoms with E-state index in [9.17, 15) is 19.8 Å². The van der Waals surface area contributed by atoms with Gasteiger partial charge in [-0.2, -0.15) is 0 Å². The molecule has 0 saturated heterocycles. The molecule has 182 valence electrons. The normalized spacial score (nSPS) is 13.9. The second kappa shape index (κ2) is 15.4. The third-order valence-corrected chi connectivity index (χ3v) is 5.53. The Morgan fingerprint density at radius 2 is 1.55 bits per heavy atom. The fraction of sp³-hybridized carbons (Fsp3) is 0.522. The van der Waals surface area contributed by atoms with Gasteiger partial charge >= 0.3 is 11.9 Å². The maximum absolute atomic E-state index is 12.3. The van der Waals surface area contributed by atoms with Crippen molar-refractivity contribution in [1.82, 2.24) is 29.5 Å². The van der Waals surface area contributed by atoms with E-state index in [0.717, 1.165) is 25.7 Å². The highest BCUT2D eigenvalue weighted by molar-refractivity contribution is 5.83. The standard InChI is InChI=1S/C17H28N2O4.2C3H4N2/c1-4-7-13(6-3)14(8-5-2)17(16(22)23,11-15(20)21)19-10-9-18-12-19;2*1-2-5-3-4-1/h9-10,12-14H,4-8,11H2,1-3H3,(H,20,21)(H,22,23);2*1-3H,(H,4,5). The summed E-state index contributed by atoms with van der Waals surface area (Å²) >= 11 is 0. The molecule has 0 saturated carbocycles. The maximum Gasteiger partial charge on any atom is 0.330 e. The Labute approximate surface area is 194 Å². The molecule has 3 atom stereocenters. The van der Waals surface area contributed by atoms with Crippen molar-refractivity contribution in [2.75, 3.05) is 0 Å². The number of nitrogens with zero attached hydrogens (tertiary/aromatic N) is 4. The van der Waals surface area contributed by atoms with Crippen molar-refractivity contribution < 1.29 is 19.8 Å². The minimum atomic E-state index is -1.49. The van der Waals surface area contributed by atoms with E-state index in [1.165, 1.54) is 17.1 Å². The first-order valence-electron chi connectivity index (χ1n) is 11.2. The number of hydrogen-bond donors (Lipinski definition) is 4. The predicted molar refractivity (Wildman–Crippen MR) is 124 cm³/mol. The molecule has 3 unspecified atom stereocenters. The number of imidazole rings is 3. The van der Waals surface area contributed by atoms with Crippen LogP contribution >= 0.6 is 0 Å². The first-order chi connectivity index (χ1) is 15.9. The van der Waals surface area contributed by atoms with Gasteiger partial charge in [0.25, 0.3) is 0 Å². The largest absolute Gasteiger partial charge is 0.481 e. The average molecular weight is 461 g/mol. The van der Waals surface area contributed by atoms with E-state index < -0.39 is 23.9 Å². The van der Waals surface area contributed by atoms with Gasteiger partial charge in [-0.3, -0.25) is 4.79 Å². The number of nitrogens with one attached hydrogen (secondary N) is 2. The van der Waals surface area contributed by atoms with Gasteiger partial charge in [-0.25, -0.2) is 19.7 Å². The molecule has 0 amide bonds. The molecule has 3 rings (SSSR count). The Balaban J connectivity index is 0.000000438. The first kappa shape index (κ1) is 27.6. The van der Waals surface area contributed by atoms with Crippen molar-refractivity contribution in [3.63, 3.8) is 0 Å². The monoisotopic (exact) mass is 460 g/mol. The van der Waals surface area contributed by atoms with Crippen LogP contribution < -0.4 is 0 Å². The lowest BCUT2D eigenvalue weighted by Gasteiger charge is -2.41. The minimum Gasteiger partial charge on any atom is -0.481 e. The van der Waals surface area contributed by atoms with Crippen molar-refractivity contribution in [3.8, 4) is 0 Å². The number of carbonyl (C=O) groups is 2. The molecule has 33 heavy (non-hydrogen) atoms. The summed E-state index contributed by atoms with van der Waals surface area (Å²) in [6, 6.07) is 0. The number of carboxylic acids is 2. The molecule has 0 radical (unpaired) electrons. The molecule has 0 fully saturated rings. The van der Waals surface area contributed by atoms with Crippen molar-refractivity contribution in [2.24, 2.45) is 11.8 Å². The number of aromatic nitrogens is 6. The molecule has 0 aliphatic heterocycles. The van der Waals surface area contributed by atoms with E-state index in [0.29, 0.717) is 6.42 Å². The van der Waals surface area contributed by atoms with E-state index in [1.807, 2.05) is 13.8 Å². The van der Waals surface area contributed by atoms with Gasteiger partial charge < -0.3 is 24.7 Å². The summed E-state index contributed by atoms with van der Waals surface area (Å²) in [5.41, 5.74) is -1.49. The maximum atomic E-state index is 12.3. The molecule has 4 N–H and O–H groups in total. The van der Waals surface area contributed by atoms with Crippen LogP contribution in [-0.4, -0.2) is 51.6 Å². The number of carboxylic acid groups (broad SMARTS) is 2. The van der Waals surface area contributed by atoms with E-state index in [4.69, 9.17) is 0 Å². The summed E-state index contributed by atoms with van der Waals surface area (Å²) in [6.45, 7) is 6.12. The molecule has 3 aromatic heterocycles. The van der Waals surface area contributed by atoms with Crippen molar-refractivity contribution in [1.29, 1.82) is 0 Å². The molecule has 0 aliphatic rings. The summed E-state index contributed by atoms with van der Waals surface area (Å²) in [5.74, 6) is -2.28. The third kappa shape index (κ3) is 8.55. The lowest BCUT2D eigenvalue weighted by atomic mass is 9.69. The first-order valence-corrected chi connectivity index (χ1v) is 11.2. The fourth-order valence-electron chi connectivity index (χ4n) is 4.15. The number of aromatic amines is 2. The lowest BCUT2D eigenvalue weighted by Crippen LogP contribution is -2.52. The summed E-state index contributed by atoms with van der Waals surface area (Å²) < 4.78 is 1.49. The van der Waals surface area contributed by atoms with Gasteiger partial charge in [0.05, 0.1) is 25.4 Å². The van der Waals surface area contributed by atoms with E-state index in [1.54, 1.807) is 43.6 Å². The van der Waals surface area contributed by atoms with Crippen LogP contribution in [0.4, 0.5) is 0 Å². The van der Waals surface area contributed by atoms with Crippen LogP contribution in [0, 0.1) is 11.8 Å². The zero-order chi connectivity index (χ0) is 24.5. The van der Waals surface area contributed by atoms with Gasteiger partial charge in [0.15, 0.2) is 5.54 Å². The van der Waals surface area contributed by atoms with E-state index in [-0.39, 0.29) is 11.8 Å². The fourth-order valence-corrected chi connectivity index (χ4v) is 4.15. The van der Waals surface area contributed by atoms with Crippen molar-refractivity contribution in [2.45, 2.75) is 64.8 Å². The Kier molecular flexibility index (Phi) is 12.9. The van der Waals surface area contributed by atoms with Crippen LogP contribution in [-0.2, 0) is 15.1 Å². The third-order valence-electron chi connectivity index (χ3n) is 5.53. The summed E-state index contributed by atoms with van der Waals surface area (Å²) in [4.78, 5) is 40.6. The second-order valence-corrected chi connectivity index (χ2v) is 7.64. The molecule has 3 aromatic rings. The van der Waals surface area contributed by atoms with Gasteiger partial charge in [0, 0.05) is 37.2 Å². The Morgan fingerprint density at radius 1 is 0.939 bits per heavy atom. The topological polar surface area (TPSA) is 150 Å². The minimum absolute atomic E-state index is 0.165. The molecule has 0 aliphatic carbocycles. The summed E-state index contributed by atoms with van der Waals surface area (Å²) in [7, 11) is 0. The average Bonchev–Trinajstić information content (AvgIpc) is 3.60. The van der Waals surface area contributed by atoms with Gasteiger partial charge in [0.2, 0.25) is 0 Å². The number of aliphatic carboxylic acids is 2. The van der Waals surface area contributed by atoms with Gasteiger partial charge in [-0.1, -0.05) is 46.5 Å². The van der Waals surface area contributed by atoms with Crippen molar-refractivity contribution in [3.05, 3.63) is 56.2 Å². The summed E-state index contributed by atoms with van der Waals surface area (Å²) in [6.07, 6.45) is 18.4. The highest BCUT2D eigenvalue weighted by atomic mass is 16.4. The van der Waals surface area contributed by atoms with Gasteiger partial charge in [0.1, 0.15) is 0 Å². The second-order valence-electron chi connectivity index (χ2n) is 7.64. The van der Waals surface area contributed by atoms with Crippen LogP contribution in [0.2, 0.25) is 0 Å². The molecular weight excluding hydrogens is 424 g/mol. The van der Waals surface area contributed by atoms with Crippen LogP contribution in [0.1, 0.15) is 59.3 Å². The number of hydrogen-bond acceptors (Lipinski definition) is 5. The SMILES string of the molecule is CCCC(CC)C(CCC)C(CC(=O)O)(C(=O)O)n1ccnc1.c1c[nH]cn1.c1c[nH]cn1. The zero-order valence-corrected chi connectivity index (χ0v) is 19.6. The van der Waals surface area contributed by atoms with Crippen LogP contribution in [0.15, 0.2) is 56.2 Å². The Hall–Kier alpha value is -3.43. The number of rotatable bonds is 11. The molecule has 0 bridgehead atoms. The molecule has 0 spiro atoms. The Morgan fingerprint density at radius 3 is 1.85 bits per heavy atom. The molecule has 10 heteroatoms. The van der Waals surface area contributed by atoms with Gasteiger partial charge in [-0.15, -0.1) is 0 Å². The smallest absolute Gasteiger partial charge is 0.330 e. The molecule has 3 heterocycles. The quantitative estimate of drug-likeness (QED) is 0.335. The Bertz CT molecular complexity index is 791.